The molecule has 1 saturated heterocycles. The minimum absolute atomic E-state index is 0.208. The molecule has 2 fully saturated rings. The van der Waals surface area contributed by atoms with Crippen molar-refractivity contribution in [2.45, 2.75) is 63.1 Å². The van der Waals surface area contributed by atoms with Gasteiger partial charge in [0.05, 0.1) is 33.3 Å². The summed E-state index contributed by atoms with van der Waals surface area (Å²) in [5.74, 6) is 0.660. The average molecular weight is 417 g/mol. The molecule has 0 bridgehead atoms. The van der Waals surface area contributed by atoms with Gasteiger partial charge in [-0.15, -0.1) is 11.3 Å². The van der Waals surface area contributed by atoms with Gasteiger partial charge >= 0.3 is 0 Å². The maximum absolute atomic E-state index is 10.2. The number of rotatable bonds is 6. The van der Waals surface area contributed by atoms with Crippen LogP contribution in [-0.4, -0.2) is 38.3 Å². The number of fused-ring (bicyclic) bond motifs is 1. The Morgan fingerprint density at radius 3 is 2.96 bits per heavy atom. The molecule has 0 unspecified atom stereocenters. The molecule has 0 radical (unpaired) electrons. The van der Waals surface area contributed by atoms with E-state index >= 15 is 0 Å². The number of thiazole rings is 1. The summed E-state index contributed by atoms with van der Waals surface area (Å²) in [5, 5.41) is 15.6. The van der Waals surface area contributed by atoms with Crippen LogP contribution in [0.1, 0.15) is 49.5 Å². The number of imidazole rings is 1. The normalized spacial score (nSPS) is 22.8. The largest absolute Gasteiger partial charge is 0.392 e. The molecule has 28 heavy (non-hydrogen) atoms. The molecule has 1 aromatic carbocycles. The molecule has 3 aromatic rings. The highest BCUT2D eigenvalue weighted by Crippen LogP contribution is 2.44. The number of nitrogens with zero attached hydrogens (tertiary/aromatic N) is 3. The third kappa shape index (κ3) is 3.71. The molecule has 1 aliphatic carbocycles. The summed E-state index contributed by atoms with van der Waals surface area (Å²) in [6.45, 7) is 1.89. The second kappa shape index (κ2) is 7.75. The monoisotopic (exact) mass is 416 g/mol. The number of aryl methyl sites for hydroxylation is 1. The van der Waals surface area contributed by atoms with Crippen molar-refractivity contribution >= 4 is 34.0 Å². The summed E-state index contributed by atoms with van der Waals surface area (Å²) in [6.07, 6.45) is 10.1. The number of nitrogens with one attached hydrogen (secondary N) is 1. The number of hydrogen-bond donors (Lipinski definition) is 2. The van der Waals surface area contributed by atoms with Gasteiger partial charge in [0.2, 0.25) is 0 Å². The Labute approximate surface area is 173 Å². The molecule has 5 nitrogen and oxygen atoms in total. The second-order valence-corrected chi connectivity index (χ2v) is 9.51. The van der Waals surface area contributed by atoms with Crippen LogP contribution in [0.25, 0.3) is 21.5 Å². The number of hydrogen-bond acceptors (Lipinski definition) is 5. The highest BCUT2D eigenvalue weighted by Gasteiger charge is 2.27. The lowest BCUT2D eigenvalue weighted by Gasteiger charge is -2.29. The van der Waals surface area contributed by atoms with Crippen molar-refractivity contribution in [2.75, 3.05) is 6.54 Å². The summed E-state index contributed by atoms with van der Waals surface area (Å²) in [5.41, 5.74) is 3.19. The molecular weight excluding hydrogens is 392 g/mol. The highest BCUT2D eigenvalue weighted by molar-refractivity contribution is 7.15. The van der Waals surface area contributed by atoms with Crippen LogP contribution in [0.15, 0.2) is 24.7 Å². The van der Waals surface area contributed by atoms with Crippen molar-refractivity contribution in [2.24, 2.45) is 0 Å². The van der Waals surface area contributed by atoms with Crippen molar-refractivity contribution in [3.8, 4) is 10.4 Å². The van der Waals surface area contributed by atoms with Gasteiger partial charge in [0.1, 0.15) is 0 Å². The summed E-state index contributed by atoms with van der Waals surface area (Å²) in [7, 11) is 0. The van der Waals surface area contributed by atoms with E-state index in [-0.39, 0.29) is 12.1 Å². The number of piperidine rings is 1. The molecule has 7 heteroatoms. The summed E-state index contributed by atoms with van der Waals surface area (Å²) < 4.78 is 2.23. The van der Waals surface area contributed by atoms with E-state index in [1.807, 2.05) is 24.7 Å². The van der Waals surface area contributed by atoms with E-state index < -0.39 is 0 Å². The van der Waals surface area contributed by atoms with Crippen molar-refractivity contribution in [1.29, 1.82) is 0 Å². The van der Waals surface area contributed by atoms with Crippen molar-refractivity contribution < 1.29 is 5.11 Å². The van der Waals surface area contributed by atoms with Crippen LogP contribution in [0.4, 0.5) is 0 Å². The van der Waals surface area contributed by atoms with Gasteiger partial charge in [0.15, 0.2) is 0 Å². The highest BCUT2D eigenvalue weighted by atomic mass is 35.5. The van der Waals surface area contributed by atoms with E-state index in [4.69, 9.17) is 11.6 Å². The maximum Gasteiger partial charge on any atom is 0.0962 e. The molecule has 148 valence electrons. The Morgan fingerprint density at radius 2 is 2.14 bits per heavy atom. The molecule has 3 heterocycles. The predicted molar refractivity (Wildman–Crippen MR) is 114 cm³/mol. The smallest absolute Gasteiger partial charge is 0.0962 e. The van der Waals surface area contributed by atoms with Gasteiger partial charge in [0.25, 0.3) is 0 Å². The van der Waals surface area contributed by atoms with Crippen LogP contribution >= 0.6 is 22.9 Å². The molecule has 2 aliphatic rings. The first kappa shape index (κ1) is 18.6. The zero-order valence-electron chi connectivity index (χ0n) is 15.8. The van der Waals surface area contributed by atoms with Gasteiger partial charge in [0, 0.05) is 35.3 Å². The van der Waals surface area contributed by atoms with Gasteiger partial charge in [-0.1, -0.05) is 11.6 Å². The molecule has 1 saturated carbocycles. The number of benzene rings is 1. The molecule has 2 atom stereocenters. The first-order chi connectivity index (χ1) is 13.7. The Hall–Kier alpha value is -1.47. The van der Waals surface area contributed by atoms with Crippen LogP contribution < -0.4 is 5.32 Å². The van der Waals surface area contributed by atoms with Crippen LogP contribution in [0.3, 0.4) is 0 Å². The molecular formula is C21H25ClN4OS. The minimum atomic E-state index is -0.222. The van der Waals surface area contributed by atoms with E-state index in [0.717, 1.165) is 55.4 Å². The molecule has 5 rings (SSSR count). The summed E-state index contributed by atoms with van der Waals surface area (Å²) in [6, 6.07) is 4.19. The Kier molecular flexibility index (Phi) is 5.13. The maximum atomic E-state index is 10.2. The zero-order valence-corrected chi connectivity index (χ0v) is 17.3. The standard InChI is InChI=1S/C21H25ClN4OS/c22-14-9-15(19-11-24-21(28-19)13-5-6-13)20-17(10-14)25-12-26(20)8-2-3-16-18(27)4-1-7-23-16/h9-13,16,18,23,27H,1-8H2/t16-,18+/m1/s1. The van der Waals surface area contributed by atoms with E-state index in [2.05, 4.69) is 19.9 Å². The quantitative estimate of drug-likeness (QED) is 0.617. The van der Waals surface area contributed by atoms with Crippen molar-refractivity contribution in [3.63, 3.8) is 0 Å². The first-order valence-corrected chi connectivity index (χ1v) is 11.4. The van der Waals surface area contributed by atoms with Crippen LogP contribution in [0, 0.1) is 0 Å². The van der Waals surface area contributed by atoms with Gasteiger partial charge in [-0.05, 0) is 57.2 Å². The Morgan fingerprint density at radius 1 is 1.25 bits per heavy atom. The fourth-order valence-electron chi connectivity index (χ4n) is 4.18. The van der Waals surface area contributed by atoms with Gasteiger partial charge in [-0.3, -0.25) is 0 Å². The lowest BCUT2D eigenvalue weighted by molar-refractivity contribution is 0.0909. The Balaban J connectivity index is 1.39. The molecule has 0 spiro atoms. The number of aliphatic hydroxyl groups is 1. The number of halogens is 1. The predicted octanol–water partition coefficient (Wildman–Crippen LogP) is 4.58. The van der Waals surface area contributed by atoms with E-state index in [9.17, 15) is 5.11 Å². The van der Waals surface area contributed by atoms with Gasteiger partial charge in [-0.2, -0.15) is 0 Å². The summed E-state index contributed by atoms with van der Waals surface area (Å²) >= 11 is 8.17. The van der Waals surface area contributed by atoms with Gasteiger partial charge in [-0.25, -0.2) is 9.97 Å². The summed E-state index contributed by atoms with van der Waals surface area (Å²) in [4.78, 5) is 10.4. The molecule has 0 amide bonds. The van der Waals surface area contributed by atoms with Crippen LogP contribution in [0.5, 0.6) is 0 Å². The second-order valence-electron chi connectivity index (χ2n) is 8.01. The Bertz CT molecular complexity index is 980. The van der Waals surface area contributed by atoms with Crippen LogP contribution in [0.2, 0.25) is 5.02 Å². The average Bonchev–Trinajstić information content (AvgIpc) is 3.28. The zero-order chi connectivity index (χ0) is 19.1. The third-order valence-corrected chi connectivity index (χ3v) is 7.27. The van der Waals surface area contributed by atoms with Crippen molar-refractivity contribution in [3.05, 3.63) is 34.7 Å². The van der Waals surface area contributed by atoms with E-state index in [1.54, 1.807) is 11.3 Å². The first-order valence-electron chi connectivity index (χ1n) is 10.2. The van der Waals surface area contributed by atoms with Gasteiger partial charge < -0.3 is 15.0 Å². The minimum Gasteiger partial charge on any atom is -0.392 e. The molecule has 1 aliphatic heterocycles. The fourth-order valence-corrected chi connectivity index (χ4v) is 5.49. The van der Waals surface area contributed by atoms with E-state index in [0.29, 0.717) is 10.9 Å². The lowest BCUT2D eigenvalue weighted by Crippen LogP contribution is -2.44. The molecule has 2 aromatic heterocycles. The van der Waals surface area contributed by atoms with E-state index in [1.165, 1.54) is 22.7 Å². The molecule has 2 N–H and O–H groups in total. The number of aliphatic hydroxyl groups excluding tert-OH is 1. The third-order valence-electron chi connectivity index (χ3n) is 5.86. The van der Waals surface area contributed by atoms with Crippen molar-refractivity contribution in [1.82, 2.24) is 19.9 Å². The SMILES string of the molecule is O[C@H]1CCCN[C@@H]1CCCn1cnc2cc(Cl)cc(-c3cnc(C4CC4)s3)c21. The topological polar surface area (TPSA) is 63.0 Å². The fraction of sp³-hybridized carbons (Fsp3) is 0.524. The lowest BCUT2D eigenvalue weighted by atomic mass is 9.97. The number of aromatic nitrogens is 3. The van der Waals surface area contributed by atoms with Crippen LogP contribution in [-0.2, 0) is 6.54 Å².